The molecule has 0 heterocycles. The molecule has 0 rings (SSSR count). The minimum atomic E-state index is -1.02. The number of halogens is 3. The SMILES string of the molecule is C=COCCCCCCCCC(F)CO.CCOCCCCCCCCC(F)CO.COCCCCCCCCC(F)CO. The lowest BCUT2D eigenvalue weighted by Gasteiger charge is -2.04. The summed E-state index contributed by atoms with van der Waals surface area (Å²) in [7, 11) is 1.72. The van der Waals surface area contributed by atoms with Crippen molar-refractivity contribution in [3.63, 3.8) is 0 Å². The summed E-state index contributed by atoms with van der Waals surface area (Å²) in [4.78, 5) is 0. The number of aliphatic hydroxyl groups is 3. The van der Waals surface area contributed by atoms with E-state index in [4.69, 9.17) is 29.5 Å². The fourth-order valence-corrected chi connectivity index (χ4v) is 4.36. The van der Waals surface area contributed by atoms with E-state index in [1.807, 2.05) is 6.92 Å². The summed E-state index contributed by atoms with van der Waals surface area (Å²) in [6.45, 7) is 7.76. The number of unbranched alkanes of at least 4 members (excludes halogenated alkanes) is 15. The molecule has 0 aliphatic rings. The van der Waals surface area contributed by atoms with Crippen LogP contribution < -0.4 is 0 Å². The van der Waals surface area contributed by atoms with E-state index in [1.165, 1.54) is 51.2 Å². The summed E-state index contributed by atoms with van der Waals surface area (Å²) in [5.74, 6) is 0. The molecule has 268 valence electrons. The van der Waals surface area contributed by atoms with Crippen LogP contribution in [0.25, 0.3) is 0 Å². The maximum Gasteiger partial charge on any atom is 0.123 e. The van der Waals surface area contributed by atoms with Crippen molar-refractivity contribution >= 4 is 0 Å². The fraction of sp³-hybridized carbons (Fsp3) is 0.943. The Morgan fingerprint density at radius 1 is 0.523 bits per heavy atom. The average molecular weight is 645 g/mol. The molecule has 0 amide bonds. The summed E-state index contributed by atoms with van der Waals surface area (Å²) in [6, 6.07) is 0. The minimum absolute atomic E-state index is 0.325. The molecule has 0 aromatic heterocycles. The molecule has 3 atom stereocenters. The molecule has 0 fully saturated rings. The summed E-state index contributed by atoms with van der Waals surface area (Å²) >= 11 is 0. The predicted molar refractivity (Wildman–Crippen MR) is 177 cm³/mol. The van der Waals surface area contributed by atoms with Gasteiger partial charge in [-0.25, -0.2) is 13.2 Å². The molecule has 0 saturated heterocycles. The summed E-state index contributed by atoms with van der Waals surface area (Å²) < 4.78 is 52.9. The summed E-state index contributed by atoms with van der Waals surface area (Å²) in [5.41, 5.74) is 0. The normalized spacial score (nSPS) is 12.8. The van der Waals surface area contributed by atoms with Crippen molar-refractivity contribution in [1.82, 2.24) is 0 Å². The Labute approximate surface area is 269 Å². The highest BCUT2D eigenvalue weighted by molar-refractivity contribution is 4.56. The van der Waals surface area contributed by atoms with Gasteiger partial charge in [-0.2, -0.15) is 0 Å². The van der Waals surface area contributed by atoms with Crippen LogP contribution in [0, 0.1) is 0 Å². The number of rotatable bonds is 32. The Morgan fingerprint density at radius 3 is 1.16 bits per heavy atom. The Balaban J connectivity index is -0.000000574. The van der Waals surface area contributed by atoms with E-state index in [0.29, 0.717) is 19.3 Å². The first kappa shape index (κ1) is 47.5. The zero-order valence-corrected chi connectivity index (χ0v) is 28.5. The van der Waals surface area contributed by atoms with Crippen LogP contribution in [0.4, 0.5) is 13.2 Å². The molecule has 9 heteroatoms. The molecule has 0 aromatic rings. The van der Waals surface area contributed by atoms with Crippen LogP contribution in [0.1, 0.15) is 142 Å². The molecule has 0 aromatic carbocycles. The van der Waals surface area contributed by atoms with E-state index in [0.717, 1.165) is 97.1 Å². The van der Waals surface area contributed by atoms with Gasteiger partial charge in [0.2, 0.25) is 0 Å². The lowest BCUT2D eigenvalue weighted by Crippen LogP contribution is -2.04. The maximum atomic E-state index is 12.6. The topological polar surface area (TPSA) is 88.4 Å². The number of hydrogen-bond donors (Lipinski definition) is 3. The van der Waals surface area contributed by atoms with E-state index < -0.39 is 18.5 Å². The summed E-state index contributed by atoms with van der Waals surface area (Å²) in [6.07, 6.45) is 19.8. The highest BCUT2D eigenvalue weighted by Crippen LogP contribution is 2.12. The fourth-order valence-electron chi connectivity index (χ4n) is 4.36. The highest BCUT2D eigenvalue weighted by Gasteiger charge is 2.04. The Bertz CT molecular complexity index is 505. The molecular weight excluding hydrogens is 573 g/mol. The van der Waals surface area contributed by atoms with Gasteiger partial charge in [-0.1, -0.05) is 103 Å². The number of ether oxygens (including phenoxy) is 3. The first-order valence-corrected chi connectivity index (χ1v) is 17.5. The standard InChI is InChI=1S/C12H25FO2.C12H23FO2.C11H23FO2/c2*1-2-15-10-8-6-4-3-5-7-9-12(13)11-14;1-14-9-7-5-3-2-4-6-8-11(12)10-13/h12,14H,2-11H2,1H3;2,12,14H,1,3-11H2;11,13H,2-10H2,1H3. The van der Waals surface area contributed by atoms with Crippen LogP contribution in [-0.4, -0.2) is 87.2 Å². The second-order valence-corrected chi connectivity index (χ2v) is 11.3. The second kappa shape index (κ2) is 44.3. The molecule has 0 radical (unpaired) electrons. The minimum Gasteiger partial charge on any atom is -0.502 e. The Hall–Kier alpha value is -0.870. The van der Waals surface area contributed by atoms with Crippen molar-refractivity contribution in [3.8, 4) is 0 Å². The van der Waals surface area contributed by atoms with Gasteiger partial charge < -0.3 is 29.5 Å². The van der Waals surface area contributed by atoms with Gasteiger partial charge >= 0.3 is 0 Å². The molecule has 3 unspecified atom stereocenters. The molecule has 0 aliphatic heterocycles. The van der Waals surface area contributed by atoms with Crippen LogP contribution >= 0.6 is 0 Å². The highest BCUT2D eigenvalue weighted by atomic mass is 19.1. The van der Waals surface area contributed by atoms with Crippen LogP contribution in [0.3, 0.4) is 0 Å². The van der Waals surface area contributed by atoms with Crippen LogP contribution in [0.5, 0.6) is 0 Å². The van der Waals surface area contributed by atoms with Crippen molar-refractivity contribution in [2.75, 3.05) is 53.4 Å². The lowest BCUT2D eigenvalue weighted by atomic mass is 10.1. The largest absolute Gasteiger partial charge is 0.502 e. The zero-order chi connectivity index (χ0) is 33.4. The van der Waals surface area contributed by atoms with Crippen molar-refractivity contribution in [3.05, 3.63) is 12.8 Å². The lowest BCUT2D eigenvalue weighted by molar-refractivity contribution is 0.142. The number of methoxy groups -OCH3 is 1. The summed E-state index contributed by atoms with van der Waals surface area (Å²) in [5, 5.41) is 25.4. The maximum absolute atomic E-state index is 12.6. The van der Waals surface area contributed by atoms with Gasteiger partial charge in [-0.3, -0.25) is 0 Å². The molecule has 44 heavy (non-hydrogen) atoms. The molecule has 0 bridgehead atoms. The van der Waals surface area contributed by atoms with Gasteiger partial charge in [0.1, 0.15) is 18.5 Å². The number of alkyl halides is 3. The van der Waals surface area contributed by atoms with Gasteiger partial charge in [0.15, 0.2) is 0 Å². The quantitative estimate of drug-likeness (QED) is 0.0501. The van der Waals surface area contributed by atoms with E-state index >= 15 is 0 Å². The zero-order valence-electron chi connectivity index (χ0n) is 28.5. The van der Waals surface area contributed by atoms with Gasteiger partial charge in [0.05, 0.1) is 32.7 Å². The number of hydrogen-bond acceptors (Lipinski definition) is 6. The van der Waals surface area contributed by atoms with Crippen LogP contribution in [0.15, 0.2) is 12.8 Å². The van der Waals surface area contributed by atoms with Gasteiger partial charge in [-0.15, -0.1) is 0 Å². The molecule has 0 spiro atoms. The predicted octanol–water partition coefficient (Wildman–Crippen LogP) is 8.99. The van der Waals surface area contributed by atoms with E-state index in [1.54, 1.807) is 7.11 Å². The first-order valence-electron chi connectivity index (χ1n) is 17.5. The van der Waals surface area contributed by atoms with Crippen LogP contribution in [0.2, 0.25) is 0 Å². The van der Waals surface area contributed by atoms with E-state index in [-0.39, 0.29) is 19.8 Å². The molecule has 0 aliphatic carbocycles. The van der Waals surface area contributed by atoms with Gasteiger partial charge in [0, 0.05) is 26.9 Å². The molecule has 0 saturated carbocycles. The van der Waals surface area contributed by atoms with Crippen molar-refractivity contribution in [2.45, 2.75) is 160 Å². The van der Waals surface area contributed by atoms with Crippen molar-refractivity contribution in [2.24, 2.45) is 0 Å². The molecule has 3 N–H and O–H groups in total. The van der Waals surface area contributed by atoms with Crippen LogP contribution in [-0.2, 0) is 14.2 Å². The molecular formula is C35H71F3O6. The van der Waals surface area contributed by atoms with Crippen molar-refractivity contribution < 1.29 is 42.7 Å². The van der Waals surface area contributed by atoms with Crippen molar-refractivity contribution in [1.29, 1.82) is 0 Å². The third kappa shape index (κ3) is 48.0. The average Bonchev–Trinajstić information content (AvgIpc) is 3.04. The first-order chi connectivity index (χ1) is 21.4. The Kier molecular flexibility index (Phi) is 47.8. The third-order valence-electron chi connectivity index (χ3n) is 7.12. The number of aliphatic hydroxyl groups excluding tert-OH is 3. The smallest absolute Gasteiger partial charge is 0.123 e. The second-order valence-electron chi connectivity index (χ2n) is 11.3. The van der Waals surface area contributed by atoms with E-state index in [9.17, 15) is 13.2 Å². The van der Waals surface area contributed by atoms with Gasteiger partial charge in [-0.05, 0) is 45.4 Å². The Morgan fingerprint density at radius 2 is 0.841 bits per heavy atom. The van der Waals surface area contributed by atoms with Gasteiger partial charge in [0.25, 0.3) is 0 Å². The van der Waals surface area contributed by atoms with E-state index in [2.05, 4.69) is 6.58 Å². The third-order valence-corrected chi connectivity index (χ3v) is 7.12. The molecule has 6 nitrogen and oxygen atoms in total. The monoisotopic (exact) mass is 645 g/mol.